The van der Waals surface area contributed by atoms with Gasteiger partial charge in [0.2, 0.25) is 20.0 Å². The third-order valence-electron chi connectivity index (χ3n) is 8.47. The fourth-order valence-corrected chi connectivity index (χ4v) is 8.80. The monoisotopic (exact) mass is 672 g/mol. The molecule has 0 unspecified atom stereocenters. The van der Waals surface area contributed by atoms with Gasteiger partial charge >= 0.3 is 0 Å². The summed E-state index contributed by atoms with van der Waals surface area (Å²) < 4.78 is 53.9. The maximum absolute atomic E-state index is 12.8. The Morgan fingerprint density at radius 1 is 0.489 bits per heavy atom. The molecular formula is C35H36N4O6S2. The molecule has 6 rings (SSSR count). The first-order chi connectivity index (χ1) is 22.6. The standard InChI is InChI=1S/C35H36N4O6S2/c40-34(28-9-17-32(18-10-28)46(42,43)38-21-1-2-22-38)36-30-13-5-26(6-14-30)25-27-7-15-31(16-8-27)37-35(41)29-11-19-33(20-12-29)47(44,45)39-23-3-4-24-39/h5-20H,1-4,21-25H2,(H,36,40)(H,37,41). The highest BCUT2D eigenvalue weighted by atomic mass is 32.2. The zero-order valence-electron chi connectivity index (χ0n) is 25.8. The van der Waals surface area contributed by atoms with Gasteiger partial charge in [-0.15, -0.1) is 0 Å². The smallest absolute Gasteiger partial charge is 0.255 e. The van der Waals surface area contributed by atoms with Crippen molar-refractivity contribution in [2.75, 3.05) is 36.8 Å². The van der Waals surface area contributed by atoms with E-state index in [0.29, 0.717) is 55.1 Å². The Hall–Kier alpha value is -4.36. The summed E-state index contributed by atoms with van der Waals surface area (Å²) in [6.07, 6.45) is 4.08. The molecule has 2 fully saturated rings. The summed E-state index contributed by atoms with van der Waals surface area (Å²) in [5, 5.41) is 5.71. The molecule has 2 heterocycles. The van der Waals surface area contributed by atoms with Gasteiger partial charge in [-0.05, 0) is 116 Å². The Balaban J connectivity index is 1.00. The van der Waals surface area contributed by atoms with Crippen molar-refractivity contribution >= 4 is 43.2 Å². The number of sulfonamides is 2. The molecule has 2 saturated heterocycles. The van der Waals surface area contributed by atoms with Gasteiger partial charge in [-0.1, -0.05) is 24.3 Å². The van der Waals surface area contributed by atoms with Crippen LogP contribution in [-0.4, -0.2) is 63.4 Å². The van der Waals surface area contributed by atoms with Gasteiger partial charge in [0.15, 0.2) is 0 Å². The topological polar surface area (TPSA) is 133 Å². The van der Waals surface area contributed by atoms with E-state index in [9.17, 15) is 26.4 Å². The Kier molecular flexibility index (Phi) is 9.55. The second-order valence-electron chi connectivity index (χ2n) is 11.8. The zero-order chi connectivity index (χ0) is 33.0. The molecule has 0 bridgehead atoms. The average molecular weight is 673 g/mol. The number of hydrogen-bond donors (Lipinski definition) is 2. The largest absolute Gasteiger partial charge is 0.322 e. The van der Waals surface area contributed by atoms with Crippen LogP contribution in [0, 0.1) is 0 Å². The van der Waals surface area contributed by atoms with E-state index in [1.807, 2.05) is 48.5 Å². The fraction of sp³-hybridized carbons (Fsp3) is 0.257. The summed E-state index contributed by atoms with van der Waals surface area (Å²) in [4.78, 5) is 25.9. The van der Waals surface area contributed by atoms with Crippen LogP contribution in [0.3, 0.4) is 0 Å². The van der Waals surface area contributed by atoms with Crippen molar-refractivity contribution in [1.82, 2.24) is 8.61 Å². The molecule has 0 aliphatic carbocycles. The first-order valence-corrected chi connectivity index (χ1v) is 18.5. The van der Waals surface area contributed by atoms with Crippen LogP contribution in [0.25, 0.3) is 0 Å². The third kappa shape index (κ3) is 7.46. The molecular weight excluding hydrogens is 637 g/mol. The van der Waals surface area contributed by atoms with Crippen LogP contribution < -0.4 is 10.6 Å². The lowest BCUT2D eigenvalue weighted by molar-refractivity contribution is 0.101. The van der Waals surface area contributed by atoms with Crippen molar-refractivity contribution in [2.45, 2.75) is 41.9 Å². The van der Waals surface area contributed by atoms with Gasteiger partial charge in [0.05, 0.1) is 9.79 Å². The predicted molar refractivity (Wildman–Crippen MR) is 180 cm³/mol. The van der Waals surface area contributed by atoms with Gasteiger partial charge in [0, 0.05) is 48.7 Å². The Morgan fingerprint density at radius 2 is 0.809 bits per heavy atom. The summed E-state index contributed by atoms with van der Waals surface area (Å²) in [5.41, 5.74) is 4.02. The maximum Gasteiger partial charge on any atom is 0.255 e. The Labute approximate surface area is 275 Å². The predicted octanol–water partition coefficient (Wildman–Crippen LogP) is 5.35. The fourth-order valence-electron chi connectivity index (χ4n) is 5.77. The molecule has 12 heteroatoms. The van der Waals surface area contributed by atoms with Crippen LogP contribution in [0.4, 0.5) is 11.4 Å². The number of carbonyl (C=O) groups excluding carboxylic acids is 2. The van der Waals surface area contributed by atoms with E-state index in [0.717, 1.165) is 36.8 Å². The summed E-state index contributed by atoms with van der Waals surface area (Å²) in [7, 11) is -7.07. The molecule has 0 spiro atoms. The molecule has 47 heavy (non-hydrogen) atoms. The van der Waals surface area contributed by atoms with E-state index in [4.69, 9.17) is 0 Å². The van der Waals surface area contributed by atoms with Gasteiger partial charge in [-0.3, -0.25) is 9.59 Å². The summed E-state index contributed by atoms with van der Waals surface area (Å²) >= 11 is 0. The molecule has 10 nitrogen and oxygen atoms in total. The van der Waals surface area contributed by atoms with E-state index in [1.54, 1.807) is 0 Å². The number of rotatable bonds is 10. The first-order valence-electron chi connectivity index (χ1n) is 15.6. The lowest BCUT2D eigenvalue weighted by atomic mass is 10.0. The number of nitrogens with zero attached hydrogens (tertiary/aromatic N) is 2. The first kappa shape index (κ1) is 32.6. The van der Waals surface area contributed by atoms with E-state index in [-0.39, 0.29) is 21.6 Å². The SMILES string of the molecule is O=C(Nc1ccc(Cc2ccc(NC(=O)c3ccc(S(=O)(=O)N4CCCC4)cc3)cc2)cc1)c1ccc(S(=O)(=O)N2CCCC2)cc1. The summed E-state index contributed by atoms with van der Waals surface area (Å²) in [6, 6.07) is 27.0. The Morgan fingerprint density at radius 3 is 1.13 bits per heavy atom. The second kappa shape index (κ2) is 13.8. The lowest BCUT2D eigenvalue weighted by Crippen LogP contribution is -2.27. The van der Waals surface area contributed by atoms with Gasteiger partial charge in [-0.2, -0.15) is 8.61 Å². The number of anilines is 2. The number of benzene rings is 4. The van der Waals surface area contributed by atoms with Crippen LogP contribution in [0.5, 0.6) is 0 Å². The minimum Gasteiger partial charge on any atom is -0.322 e. The van der Waals surface area contributed by atoms with Crippen LogP contribution >= 0.6 is 0 Å². The normalized spacial score (nSPS) is 15.8. The van der Waals surface area contributed by atoms with Gasteiger partial charge < -0.3 is 10.6 Å². The van der Waals surface area contributed by atoms with E-state index >= 15 is 0 Å². The molecule has 0 aromatic heterocycles. The molecule has 2 N–H and O–H groups in total. The molecule has 2 aliphatic rings. The zero-order valence-corrected chi connectivity index (χ0v) is 27.4. The van der Waals surface area contributed by atoms with Gasteiger partial charge in [0.25, 0.3) is 11.8 Å². The number of hydrogen-bond acceptors (Lipinski definition) is 6. The second-order valence-corrected chi connectivity index (χ2v) is 15.6. The van der Waals surface area contributed by atoms with Crippen molar-refractivity contribution in [3.63, 3.8) is 0 Å². The Bertz CT molecular complexity index is 1800. The summed E-state index contributed by atoms with van der Waals surface area (Å²) in [5.74, 6) is -0.660. The molecule has 2 amide bonds. The summed E-state index contributed by atoms with van der Waals surface area (Å²) in [6.45, 7) is 2.10. The van der Waals surface area contributed by atoms with Gasteiger partial charge in [-0.25, -0.2) is 16.8 Å². The van der Waals surface area contributed by atoms with E-state index in [2.05, 4.69) is 10.6 Å². The van der Waals surface area contributed by atoms with Crippen molar-refractivity contribution in [3.8, 4) is 0 Å². The molecule has 0 radical (unpaired) electrons. The lowest BCUT2D eigenvalue weighted by Gasteiger charge is -2.15. The number of nitrogens with one attached hydrogen (secondary N) is 2. The minimum atomic E-state index is -3.53. The number of carbonyl (C=O) groups is 2. The third-order valence-corrected chi connectivity index (χ3v) is 12.3. The van der Waals surface area contributed by atoms with Crippen molar-refractivity contribution in [1.29, 1.82) is 0 Å². The minimum absolute atomic E-state index is 0.188. The van der Waals surface area contributed by atoms with Crippen molar-refractivity contribution in [3.05, 3.63) is 119 Å². The van der Waals surface area contributed by atoms with Gasteiger partial charge in [0.1, 0.15) is 0 Å². The average Bonchev–Trinajstić information content (AvgIpc) is 3.83. The van der Waals surface area contributed by atoms with Crippen LogP contribution in [0.15, 0.2) is 107 Å². The molecule has 4 aromatic carbocycles. The molecule has 4 aromatic rings. The highest BCUT2D eigenvalue weighted by Gasteiger charge is 2.28. The van der Waals surface area contributed by atoms with Crippen molar-refractivity contribution < 1.29 is 26.4 Å². The highest BCUT2D eigenvalue weighted by molar-refractivity contribution is 7.89. The highest BCUT2D eigenvalue weighted by Crippen LogP contribution is 2.23. The van der Waals surface area contributed by atoms with E-state index in [1.165, 1.54) is 57.1 Å². The number of amides is 2. The van der Waals surface area contributed by atoms with Crippen LogP contribution in [0.1, 0.15) is 57.5 Å². The van der Waals surface area contributed by atoms with E-state index < -0.39 is 20.0 Å². The molecule has 0 saturated carbocycles. The van der Waals surface area contributed by atoms with Crippen LogP contribution in [0.2, 0.25) is 0 Å². The van der Waals surface area contributed by atoms with Crippen LogP contribution in [-0.2, 0) is 26.5 Å². The van der Waals surface area contributed by atoms with Crippen molar-refractivity contribution in [2.24, 2.45) is 0 Å². The maximum atomic E-state index is 12.8. The molecule has 0 atom stereocenters. The molecule has 244 valence electrons. The molecule has 2 aliphatic heterocycles. The quantitative estimate of drug-likeness (QED) is 0.234.